The first-order chi connectivity index (χ1) is 8.99. The van der Waals surface area contributed by atoms with Crippen LogP contribution in [0.5, 0.6) is 11.6 Å². The van der Waals surface area contributed by atoms with Crippen LogP contribution in [0, 0.1) is 22.9 Å². The van der Waals surface area contributed by atoms with Crippen LogP contribution in [-0.2, 0) is 0 Å². The van der Waals surface area contributed by atoms with Crippen LogP contribution in [0.3, 0.4) is 0 Å². The van der Waals surface area contributed by atoms with E-state index in [0.717, 1.165) is 12.1 Å². The van der Waals surface area contributed by atoms with E-state index in [1.807, 2.05) is 0 Å². The van der Waals surface area contributed by atoms with Crippen molar-refractivity contribution in [2.45, 2.75) is 6.92 Å². The second-order valence-electron chi connectivity index (χ2n) is 3.66. The van der Waals surface area contributed by atoms with Gasteiger partial charge < -0.3 is 10.5 Å². The lowest BCUT2D eigenvalue weighted by molar-refractivity contribution is -0.387. The summed E-state index contributed by atoms with van der Waals surface area (Å²) in [6.45, 7) is 1.65. The molecular formula is C11H9FN4O3. The SMILES string of the molecule is Cc1c(N)ncnc1Oc1ccc([N+](=O)[O-])c(F)c1. The molecule has 0 unspecified atom stereocenters. The van der Waals surface area contributed by atoms with Crippen molar-refractivity contribution in [3.8, 4) is 11.6 Å². The van der Waals surface area contributed by atoms with Gasteiger partial charge in [-0.2, -0.15) is 4.39 Å². The highest BCUT2D eigenvalue weighted by molar-refractivity contribution is 5.46. The predicted molar refractivity (Wildman–Crippen MR) is 64.3 cm³/mol. The topological polar surface area (TPSA) is 104 Å². The number of hydrogen-bond donors (Lipinski definition) is 1. The van der Waals surface area contributed by atoms with Crippen LogP contribution in [0.1, 0.15) is 5.56 Å². The number of nitro benzene ring substituents is 1. The molecular weight excluding hydrogens is 255 g/mol. The third kappa shape index (κ3) is 2.57. The molecule has 1 aromatic heterocycles. The number of nitrogen functional groups attached to an aromatic ring is 1. The molecule has 8 heteroatoms. The Morgan fingerprint density at radius 3 is 2.79 bits per heavy atom. The molecule has 0 fully saturated rings. The number of halogens is 1. The van der Waals surface area contributed by atoms with E-state index in [0.29, 0.717) is 5.56 Å². The first kappa shape index (κ1) is 12.7. The normalized spacial score (nSPS) is 10.2. The maximum Gasteiger partial charge on any atom is 0.305 e. The molecule has 98 valence electrons. The first-order valence-corrected chi connectivity index (χ1v) is 5.18. The lowest BCUT2D eigenvalue weighted by Crippen LogP contribution is -1.99. The van der Waals surface area contributed by atoms with Gasteiger partial charge >= 0.3 is 5.69 Å². The molecule has 0 spiro atoms. The van der Waals surface area contributed by atoms with Gasteiger partial charge in [0.2, 0.25) is 11.7 Å². The van der Waals surface area contributed by atoms with Crippen molar-refractivity contribution in [1.29, 1.82) is 0 Å². The fourth-order valence-corrected chi connectivity index (χ4v) is 1.36. The van der Waals surface area contributed by atoms with Gasteiger partial charge in [0.15, 0.2) is 0 Å². The second-order valence-corrected chi connectivity index (χ2v) is 3.66. The van der Waals surface area contributed by atoms with Crippen molar-refractivity contribution >= 4 is 11.5 Å². The number of nitro groups is 1. The Kier molecular flexibility index (Phi) is 3.23. The molecule has 1 heterocycles. The number of benzene rings is 1. The van der Waals surface area contributed by atoms with E-state index in [4.69, 9.17) is 10.5 Å². The van der Waals surface area contributed by atoms with E-state index < -0.39 is 16.4 Å². The Morgan fingerprint density at radius 1 is 1.42 bits per heavy atom. The molecule has 0 bridgehead atoms. The maximum atomic E-state index is 13.4. The maximum absolute atomic E-state index is 13.4. The Labute approximate surface area is 107 Å². The van der Waals surface area contributed by atoms with Gasteiger partial charge in [0.05, 0.1) is 10.5 Å². The molecule has 7 nitrogen and oxygen atoms in total. The first-order valence-electron chi connectivity index (χ1n) is 5.18. The minimum Gasteiger partial charge on any atom is -0.438 e. The highest BCUT2D eigenvalue weighted by atomic mass is 19.1. The molecule has 0 saturated heterocycles. The van der Waals surface area contributed by atoms with E-state index >= 15 is 0 Å². The highest BCUT2D eigenvalue weighted by Gasteiger charge is 2.15. The average molecular weight is 264 g/mol. The van der Waals surface area contributed by atoms with E-state index in [2.05, 4.69) is 9.97 Å². The number of nitrogens with two attached hydrogens (primary N) is 1. The minimum absolute atomic E-state index is 0.0873. The third-order valence-corrected chi connectivity index (χ3v) is 2.41. The lowest BCUT2D eigenvalue weighted by atomic mass is 10.3. The van der Waals surface area contributed by atoms with Crippen molar-refractivity contribution in [1.82, 2.24) is 9.97 Å². The Balaban J connectivity index is 2.32. The summed E-state index contributed by atoms with van der Waals surface area (Å²) in [6, 6.07) is 3.21. The quantitative estimate of drug-likeness (QED) is 0.673. The Bertz CT molecular complexity index is 648. The Morgan fingerprint density at radius 2 is 2.16 bits per heavy atom. The van der Waals surface area contributed by atoms with Crippen LogP contribution < -0.4 is 10.5 Å². The average Bonchev–Trinajstić information content (AvgIpc) is 2.34. The van der Waals surface area contributed by atoms with Gasteiger partial charge in [0.1, 0.15) is 17.9 Å². The summed E-state index contributed by atoms with van der Waals surface area (Å²) in [4.78, 5) is 17.3. The van der Waals surface area contributed by atoms with Crippen LogP contribution in [0.15, 0.2) is 24.5 Å². The number of ether oxygens (including phenoxy) is 1. The summed E-state index contributed by atoms with van der Waals surface area (Å²) in [7, 11) is 0. The third-order valence-electron chi connectivity index (χ3n) is 2.41. The van der Waals surface area contributed by atoms with E-state index in [9.17, 15) is 14.5 Å². The second kappa shape index (κ2) is 4.84. The zero-order valence-electron chi connectivity index (χ0n) is 9.83. The number of anilines is 1. The molecule has 0 aliphatic rings. The molecule has 0 atom stereocenters. The van der Waals surface area contributed by atoms with Gasteiger partial charge in [-0.1, -0.05) is 0 Å². The van der Waals surface area contributed by atoms with Gasteiger partial charge in [-0.3, -0.25) is 10.1 Å². The largest absolute Gasteiger partial charge is 0.438 e. The summed E-state index contributed by atoms with van der Waals surface area (Å²) in [5.41, 5.74) is 5.46. The summed E-state index contributed by atoms with van der Waals surface area (Å²) in [5, 5.41) is 10.5. The zero-order valence-corrected chi connectivity index (χ0v) is 9.83. The molecule has 0 amide bonds. The van der Waals surface area contributed by atoms with Crippen molar-refractivity contribution in [2.75, 3.05) is 5.73 Å². The molecule has 1 aromatic carbocycles. The Hall–Kier alpha value is -2.77. The molecule has 2 N–H and O–H groups in total. The van der Waals surface area contributed by atoms with Gasteiger partial charge in [-0.15, -0.1) is 0 Å². The molecule has 0 radical (unpaired) electrons. The summed E-state index contributed by atoms with van der Waals surface area (Å²) in [5.74, 6) is -0.486. The van der Waals surface area contributed by atoms with Gasteiger partial charge in [-0.05, 0) is 13.0 Å². The molecule has 0 aliphatic heterocycles. The van der Waals surface area contributed by atoms with E-state index in [-0.39, 0.29) is 17.4 Å². The monoisotopic (exact) mass is 264 g/mol. The highest BCUT2D eigenvalue weighted by Crippen LogP contribution is 2.28. The standard InChI is InChI=1S/C11H9FN4O3/c1-6-10(13)14-5-15-11(6)19-7-2-3-9(16(17)18)8(12)4-7/h2-5H,1H3,(H2,13,14,15). The van der Waals surface area contributed by atoms with Crippen molar-refractivity contribution in [3.05, 3.63) is 46.0 Å². The summed E-state index contributed by atoms with van der Waals surface area (Å²) >= 11 is 0. The van der Waals surface area contributed by atoms with Crippen LogP contribution in [0.4, 0.5) is 15.9 Å². The lowest BCUT2D eigenvalue weighted by Gasteiger charge is -2.08. The molecule has 0 saturated carbocycles. The van der Waals surface area contributed by atoms with E-state index in [1.54, 1.807) is 6.92 Å². The predicted octanol–water partition coefficient (Wildman–Crippen LogP) is 2.21. The van der Waals surface area contributed by atoms with E-state index in [1.165, 1.54) is 12.4 Å². The molecule has 2 aromatic rings. The van der Waals surface area contributed by atoms with Crippen LogP contribution in [-0.4, -0.2) is 14.9 Å². The van der Waals surface area contributed by atoms with Gasteiger partial charge in [0, 0.05) is 12.1 Å². The van der Waals surface area contributed by atoms with Crippen LogP contribution in [0.25, 0.3) is 0 Å². The van der Waals surface area contributed by atoms with Crippen molar-refractivity contribution in [3.63, 3.8) is 0 Å². The fraction of sp³-hybridized carbons (Fsp3) is 0.0909. The number of aromatic nitrogens is 2. The van der Waals surface area contributed by atoms with Crippen molar-refractivity contribution < 1.29 is 14.1 Å². The van der Waals surface area contributed by atoms with Crippen LogP contribution in [0.2, 0.25) is 0 Å². The zero-order chi connectivity index (χ0) is 14.0. The smallest absolute Gasteiger partial charge is 0.305 e. The summed E-state index contributed by atoms with van der Waals surface area (Å²) < 4.78 is 18.7. The molecule has 19 heavy (non-hydrogen) atoms. The number of nitrogens with zero attached hydrogens (tertiary/aromatic N) is 3. The van der Waals surface area contributed by atoms with Gasteiger partial charge in [-0.25, -0.2) is 9.97 Å². The number of rotatable bonds is 3. The van der Waals surface area contributed by atoms with Crippen LogP contribution >= 0.6 is 0 Å². The minimum atomic E-state index is -0.984. The molecule has 0 aliphatic carbocycles. The summed E-state index contributed by atoms with van der Waals surface area (Å²) in [6.07, 6.45) is 1.21. The van der Waals surface area contributed by atoms with Crippen molar-refractivity contribution in [2.24, 2.45) is 0 Å². The fourth-order valence-electron chi connectivity index (χ4n) is 1.36. The molecule has 2 rings (SSSR count). The number of hydrogen-bond acceptors (Lipinski definition) is 6. The van der Waals surface area contributed by atoms with Gasteiger partial charge in [0.25, 0.3) is 0 Å².